The van der Waals surface area contributed by atoms with Gasteiger partial charge in [0.25, 0.3) is 5.91 Å². The summed E-state index contributed by atoms with van der Waals surface area (Å²) in [6.45, 7) is 11.3. The minimum Gasteiger partial charge on any atom is -0.329 e. The molecule has 0 aliphatic heterocycles. The van der Waals surface area contributed by atoms with Gasteiger partial charge in [-0.1, -0.05) is 52.7 Å². The zero-order valence-electron chi connectivity index (χ0n) is 14.2. The second kappa shape index (κ2) is 8.11. The van der Waals surface area contributed by atoms with Gasteiger partial charge < -0.3 is 4.90 Å². The summed E-state index contributed by atoms with van der Waals surface area (Å²) in [6.07, 6.45) is 2.95. The van der Waals surface area contributed by atoms with Crippen molar-refractivity contribution in [3.05, 3.63) is 51.7 Å². The van der Waals surface area contributed by atoms with Gasteiger partial charge in [0.1, 0.15) is 0 Å². The number of carbonyl (C=O) groups is 1. The Morgan fingerprint density at radius 3 is 2.43 bits per heavy atom. The van der Waals surface area contributed by atoms with Crippen molar-refractivity contribution in [3.8, 4) is 0 Å². The van der Waals surface area contributed by atoms with Gasteiger partial charge in [-0.25, -0.2) is 0 Å². The number of unbranched alkanes of at least 4 members (excludes halogenated alkanes) is 1. The summed E-state index contributed by atoms with van der Waals surface area (Å²) >= 11 is 3.24. The first kappa shape index (κ1) is 18.2. The van der Waals surface area contributed by atoms with Gasteiger partial charge in [-0.15, -0.1) is 22.7 Å². The highest BCUT2D eigenvalue weighted by atomic mass is 32.1. The molecule has 0 spiro atoms. The van der Waals surface area contributed by atoms with E-state index >= 15 is 0 Å². The number of hydrogen-bond acceptors (Lipinski definition) is 3. The molecule has 1 radical (unpaired) electrons. The number of nitrogens with zero attached hydrogens (tertiary/aromatic N) is 1. The third-order valence-corrected chi connectivity index (χ3v) is 5.72. The third-order valence-electron chi connectivity index (χ3n) is 4.00. The molecule has 4 heteroatoms. The lowest BCUT2D eigenvalue weighted by Crippen LogP contribution is -2.46. The van der Waals surface area contributed by atoms with Crippen LogP contribution in [0.25, 0.3) is 0 Å². The lowest BCUT2D eigenvalue weighted by Gasteiger charge is -2.40. The fourth-order valence-electron chi connectivity index (χ4n) is 2.83. The monoisotopic (exact) mass is 348 g/mol. The summed E-state index contributed by atoms with van der Waals surface area (Å²) in [5.74, 6) is 0.150. The van der Waals surface area contributed by atoms with Crippen LogP contribution in [0.3, 0.4) is 0 Å². The van der Waals surface area contributed by atoms with Gasteiger partial charge in [-0.3, -0.25) is 4.79 Å². The lowest BCUT2D eigenvalue weighted by molar-refractivity contribution is 0.0471. The first-order valence-corrected chi connectivity index (χ1v) is 9.85. The van der Waals surface area contributed by atoms with Crippen LogP contribution in [-0.2, 0) is 6.54 Å². The summed E-state index contributed by atoms with van der Waals surface area (Å²) in [5.41, 5.74) is 0.0410. The van der Waals surface area contributed by atoms with Crippen LogP contribution in [0.1, 0.15) is 54.6 Å². The van der Waals surface area contributed by atoms with Gasteiger partial charge in [0.15, 0.2) is 0 Å². The predicted octanol–water partition coefficient (Wildman–Crippen LogP) is 5.87. The molecule has 0 aliphatic carbocycles. The number of amides is 1. The van der Waals surface area contributed by atoms with E-state index in [0.717, 1.165) is 24.1 Å². The zero-order chi connectivity index (χ0) is 16.9. The molecule has 0 aromatic carbocycles. The Morgan fingerprint density at radius 2 is 1.91 bits per heavy atom. The Labute approximate surface area is 148 Å². The van der Waals surface area contributed by atoms with Gasteiger partial charge >= 0.3 is 0 Å². The van der Waals surface area contributed by atoms with Crippen LogP contribution >= 0.6 is 22.7 Å². The van der Waals surface area contributed by atoms with E-state index < -0.39 is 0 Å². The van der Waals surface area contributed by atoms with Crippen LogP contribution in [-0.4, -0.2) is 16.8 Å². The SMILES string of the molecule is [CH2]CCCC(N(Cc1cccs1)C(=O)c1cccs1)C(C)(C)C. The largest absolute Gasteiger partial charge is 0.329 e. The van der Waals surface area contributed by atoms with Gasteiger partial charge in [-0.05, 0) is 34.7 Å². The smallest absolute Gasteiger partial charge is 0.264 e. The van der Waals surface area contributed by atoms with Crippen molar-refractivity contribution in [1.82, 2.24) is 4.90 Å². The maximum atomic E-state index is 13.1. The van der Waals surface area contributed by atoms with Crippen LogP contribution in [0, 0.1) is 12.3 Å². The maximum Gasteiger partial charge on any atom is 0.264 e. The summed E-state index contributed by atoms with van der Waals surface area (Å²) in [7, 11) is 0. The van der Waals surface area contributed by atoms with Crippen molar-refractivity contribution in [1.29, 1.82) is 0 Å². The van der Waals surface area contributed by atoms with E-state index in [9.17, 15) is 4.79 Å². The van der Waals surface area contributed by atoms with Crippen molar-refractivity contribution in [3.63, 3.8) is 0 Å². The Balaban J connectivity index is 2.31. The highest BCUT2D eigenvalue weighted by molar-refractivity contribution is 7.12. The van der Waals surface area contributed by atoms with E-state index in [4.69, 9.17) is 0 Å². The molecule has 0 saturated carbocycles. The van der Waals surface area contributed by atoms with E-state index in [1.807, 2.05) is 17.5 Å². The topological polar surface area (TPSA) is 20.3 Å². The first-order valence-electron chi connectivity index (χ1n) is 8.09. The van der Waals surface area contributed by atoms with E-state index in [-0.39, 0.29) is 17.4 Å². The molecule has 1 unspecified atom stereocenters. The van der Waals surface area contributed by atoms with Crippen molar-refractivity contribution in [2.75, 3.05) is 0 Å². The van der Waals surface area contributed by atoms with Crippen molar-refractivity contribution in [2.45, 2.75) is 52.6 Å². The fourth-order valence-corrected chi connectivity index (χ4v) is 4.21. The molecular formula is C19H26NOS2. The van der Waals surface area contributed by atoms with Crippen LogP contribution in [0.2, 0.25) is 0 Å². The molecular weight excluding hydrogens is 322 g/mol. The number of carbonyl (C=O) groups excluding carboxylic acids is 1. The Hall–Kier alpha value is -1.13. The predicted molar refractivity (Wildman–Crippen MR) is 101 cm³/mol. The second-order valence-electron chi connectivity index (χ2n) is 6.87. The zero-order valence-corrected chi connectivity index (χ0v) is 15.9. The van der Waals surface area contributed by atoms with E-state index in [0.29, 0.717) is 6.54 Å². The molecule has 2 rings (SSSR count). The summed E-state index contributed by atoms with van der Waals surface area (Å²) < 4.78 is 0. The van der Waals surface area contributed by atoms with Crippen LogP contribution < -0.4 is 0 Å². The molecule has 1 amide bonds. The first-order chi connectivity index (χ1) is 10.9. The number of hydrogen-bond donors (Lipinski definition) is 0. The van der Waals surface area contributed by atoms with E-state index in [1.165, 1.54) is 16.2 Å². The van der Waals surface area contributed by atoms with E-state index in [2.05, 4.69) is 50.1 Å². The van der Waals surface area contributed by atoms with Gasteiger partial charge in [-0.2, -0.15) is 0 Å². The Bertz CT molecular complexity index is 581. The van der Waals surface area contributed by atoms with Gasteiger partial charge in [0, 0.05) is 10.9 Å². The molecule has 125 valence electrons. The number of rotatable bonds is 7. The van der Waals surface area contributed by atoms with Crippen LogP contribution in [0.4, 0.5) is 0 Å². The molecule has 2 nitrogen and oxygen atoms in total. The molecule has 0 fully saturated rings. The average molecular weight is 349 g/mol. The molecule has 2 aromatic heterocycles. The minimum absolute atomic E-state index is 0.0410. The fraction of sp³-hybridized carbons (Fsp3) is 0.474. The third kappa shape index (κ3) is 4.92. The van der Waals surface area contributed by atoms with Crippen LogP contribution in [0.5, 0.6) is 0 Å². The number of thiophene rings is 2. The molecule has 1 atom stereocenters. The standard InChI is InChI=1S/C19H26NOS2/c1-5-6-11-17(19(2,3)4)20(14-15-9-7-12-22-15)18(21)16-10-8-13-23-16/h7-10,12-13,17H,1,5-6,11,14H2,2-4H3. The average Bonchev–Trinajstić information content (AvgIpc) is 3.17. The molecule has 0 N–H and O–H groups in total. The molecule has 23 heavy (non-hydrogen) atoms. The normalized spacial score (nSPS) is 13.0. The molecule has 0 aliphatic rings. The molecule has 2 heterocycles. The van der Waals surface area contributed by atoms with E-state index in [1.54, 1.807) is 11.3 Å². The molecule has 2 aromatic rings. The van der Waals surface area contributed by atoms with Crippen LogP contribution in [0.15, 0.2) is 35.0 Å². The maximum absolute atomic E-state index is 13.1. The Kier molecular flexibility index (Phi) is 6.42. The molecule has 0 saturated heterocycles. The van der Waals surface area contributed by atoms with Gasteiger partial charge in [0.2, 0.25) is 0 Å². The summed E-state index contributed by atoms with van der Waals surface area (Å²) in [4.78, 5) is 17.2. The minimum atomic E-state index is 0.0410. The Morgan fingerprint density at radius 1 is 1.22 bits per heavy atom. The lowest BCUT2D eigenvalue weighted by atomic mass is 9.82. The highest BCUT2D eigenvalue weighted by Crippen LogP contribution is 2.32. The van der Waals surface area contributed by atoms with Crippen molar-refractivity contribution >= 4 is 28.6 Å². The summed E-state index contributed by atoms with van der Waals surface area (Å²) in [5, 5.41) is 4.05. The van der Waals surface area contributed by atoms with Crippen molar-refractivity contribution < 1.29 is 4.79 Å². The van der Waals surface area contributed by atoms with Crippen molar-refractivity contribution in [2.24, 2.45) is 5.41 Å². The quantitative estimate of drug-likeness (QED) is 0.612. The van der Waals surface area contributed by atoms with Gasteiger partial charge in [0.05, 0.1) is 11.4 Å². The molecule has 0 bridgehead atoms. The second-order valence-corrected chi connectivity index (χ2v) is 8.85. The highest BCUT2D eigenvalue weighted by Gasteiger charge is 2.33. The summed E-state index contributed by atoms with van der Waals surface area (Å²) in [6, 6.07) is 8.25.